The van der Waals surface area contributed by atoms with Gasteiger partial charge in [0.2, 0.25) is 0 Å². The number of carbonyl (C=O) groups is 1. The van der Waals surface area contributed by atoms with E-state index in [2.05, 4.69) is 19.1 Å². The maximum atomic E-state index is 11.8. The molecular formula is C16H18O2. The first-order valence-electron chi connectivity index (χ1n) is 6.61. The van der Waals surface area contributed by atoms with Gasteiger partial charge in [0.15, 0.2) is 5.78 Å². The summed E-state index contributed by atoms with van der Waals surface area (Å²) in [4.78, 5) is 11.8. The van der Waals surface area contributed by atoms with Crippen molar-refractivity contribution >= 4 is 11.4 Å². The highest BCUT2D eigenvalue weighted by Gasteiger charge is 2.42. The second-order valence-electron chi connectivity index (χ2n) is 5.36. The number of hydrogen-bond acceptors (Lipinski definition) is 2. The molecule has 0 aliphatic heterocycles. The van der Waals surface area contributed by atoms with Crippen LogP contribution in [0.4, 0.5) is 0 Å². The number of aryl methyl sites for hydroxylation is 1. The van der Waals surface area contributed by atoms with Crippen LogP contribution in [0.5, 0.6) is 5.75 Å². The molecule has 0 fully saturated rings. The summed E-state index contributed by atoms with van der Waals surface area (Å²) in [6.07, 6.45) is 5.75. The molecule has 2 aliphatic rings. The standard InChI is InChI=1S/C16H18O2/c1-3-16-7-6-11-8-13(18-2)4-5-14(11)15(16)9-12(17)10-16/h4-5,8-9H,3,6-7,10H2,1-2H3. The van der Waals surface area contributed by atoms with E-state index in [1.54, 1.807) is 7.11 Å². The Labute approximate surface area is 108 Å². The molecule has 0 N–H and O–H groups in total. The van der Waals surface area contributed by atoms with Crippen molar-refractivity contribution in [3.63, 3.8) is 0 Å². The predicted octanol–water partition coefficient (Wildman–Crippen LogP) is 3.39. The fraction of sp³-hybridized carbons (Fsp3) is 0.438. The van der Waals surface area contributed by atoms with Crippen LogP contribution in [0.1, 0.15) is 37.3 Å². The Hall–Kier alpha value is -1.57. The van der Waals surface area contributed by atoms with E-state index in [0.29, 0.717) is 6.42 Å². The van der Waals surface area contributed by atoms with E-state index < -0.39 is 0 Å². The average molecular weight is 242 g/mol. The zero-order chi connectivity index (χ0) is 12.8. The van der Waals surface area contributed by atoms with Gasteiger partial charge in [-0.1, -0.05) is 13.0 Å². The minimum atomic E-state index is 0.110. The number of rotatable bonds is 2. The number of allylic oxidation sites excluding steroid dienone is 2. The quantitative estimate of drug-likeness (QED) is 0.794. The fourth-order valence-corrected chi connectivity index (χ4v) is 3.41. The normalized spacial score (nSPS) is 25.4. The number of carbonyl (C=O) groups excluding carboxylic acids is 1. The molecule has 1 unspecified atom stereocenters. The molecule has 0 saturated heterocycles. The van der Waals surface area contributed by atoms with Gasteiger partial charge in [-0.15, -0.1) is 0 Å². The number of benzene rings is 1. The highest BCUT2D eigenvalue weighted by Crippen LogP contribution is 2.53. The average Bonchev–Trinajstić information content (AvgIpc) is 2.75. The van der Waals surface area contributed by atoms with Crippen LogP contribution in [0, 0.1) is 5.41 Å². The molecule has 0 heterocycles. The van der Waals surface area contributed by atoms with Crippen molar-refractivity contribution in [3.8, 4) is 5.75 Å². The van der Waals surface area contributed by atoms with Crippen LogP contribution in [0.25, 0.3) is 5.57 Å². The molecule has 0 amide bonds. The number of fused-ring (bicyclic) bond motifs is 3. The second-order valence-corrected chi connectivity index (χ2v) is 5.36. The monoisotopic (exact) mass is 242 g/mol. The van der Waals surface area contributed by atoms with Crippen molar-refractivity contribution in [1.82, 2.24) is 0 Å². The summed E-state index contributed by atoms with van der Waals surface area (Å²) < 4.78 is 5.28. The second kappa shape index (κ2) is 3.98. The fourth-order valence-electron chi connectivity index (χ4n) is 3.41. The van der Waals surface area contributed by atoms with E-state index in [1.807, 2.05) is 12.1 Å². The lowest BCUT2D eigenvalue weighted by molar-refractivity contribution is -0.115. The Morgan fingerprint density at radius 2 is 2.22 bits per heavy atom. The SMILES string of the molecule is CCC12CCc3cc(OC)ccc3C1=CC(=O)C2. The third kappa shape index (κ3) is 1.52. The van der Waals surface area contributed by atoms with E-state index in [9.17, 15) is 4.79 Å². The molecule has 18 heavy (non-hydrogen) atoms. The molecule has 1 atom stereocenters. The Balaban J connectivity index is 2.13. The highest BCUT2D eigenvalue weighted by atomic mass is 16.5. The van der Waals surface area contributed by atoms with E-state index in [4.69, 9.17) is 4.74 Å². The molecule has 2 heteroatoms. The molecule has 0 bridgehead atoms. The molecule has 94 valence electrons. The van der Waals surface area contributed by atoms with Gasteiger partial charge in [0.25, 0.3) is 0 Å². The molecule has 2 aliphatic carbocycles. The van der Waals surface area contributed by atoms with Gasteiger partial charge in [0, 0.05) is 11.8 Å². The molecular weight excluding hydrogens is 224 g/mol. The third-order valence-corrected chi connectivity index (χ3v) is 4.54. The summed E-state index contributed by atoms with van der Waals surface area (Å²) in [6.45, 7) is 2.20. The van der Waals surface area contributed by atoms with Crippen molar-refractivity contribution in [3.05, 3.63) is 35.4 Å². The minimum absolute atomic E-state index is 0.110. The van der Waals surface area contributed by atoms with Crippen molar-refractivity contribution in [2.75, 3.05) is 7.11 Å². The maximum Gasteiger partial charge on any atom is 0.156 e. The topological polar surface area (TPSA) is 26.3 Å². The summed E-state index contributed by atoms with van der Waals surface area (Å²) in [5.41, 5.74) is 3.95. The van der Waals surface area contributed by atoms with Crippen LogP contribution in [-0.4, -0.2) is 12.9 Å². The third-order valence-electron chi connectivity index (χ3n) is 4.54. The van der Waals surface area contributed by atoms with E-state index in [0.717, 1.165) is 25.0 Å². The summed E-state index contributed by atoms with van der Waals surface area (Å²) >= 11 is 0. The van der Waals surface area contributed by atoms with Gasteiger partial charge in [-0.3, -0.25) is 4.79 Å². The van der Waals surface area contributed by atoms with Crippen LogP contribution in [-0.2, 0) is 11.2 Å². The van der Waals surface area contributed by atoms with Crippen LogP contribution in [0.2, 0.25) is 0 Å². The number of ketones is 1. The van der Waals surface area contributed by atoms with Gasteiger partial charge in [0.05, 0.1) is 7.11 Å². The van der Waals surface area contributed by atoms with E-state index >= 15 is 0 Å². The molecule has 1 aromatic carbocycles. The van der Waals surface area contributed by atoms with Gasteiger partial charge in [-0.05, 0) is 54.2 Å². The Morgan fingerprint density at radius 1 is 1.39 bits per heavy atom. The predicted molar refractivity (Wildman–Crippen MR) is 71.6 cm³/mol. The zero-order valence-corrected chi connectivity index (χ0v) is 11.0. The summed E-state index contributed by atoms with van der Waals surface area (Å²) in [5, 5.41) is 0. The molecule has 2 nitrogen and oxygen atoms in total. The van der Waals surface area contributed by atoms with Gasteiger partial charge >= 0.3 is 0 Å². The largest absolute Gasteiger partial charge is 0.497 e. The Kier molecular flexibility index (Phi) is 2.54. The molecule has 0 spiro atoms. The van der Waals surface area contributed by atoms with Gasteiger partial charge in [0.1, 0.15) is 5.75 Å². The molecule has 0 saturated carbocycles. The first-order valence-corrected chi connectivity index (χ1v) is 6.61. The first-order chi connectivity index (χ1) is 8.68. The molecule has 0 radical (unpaired) electrons. The van der Waals surface area contributed by atoms with Crippen LogP contribution >= 0.6 is 0 Å². The summed E-state index contributed by atoms with van der Waals surface area (Å²) in [7, 11) is 1.69. The summed E-state index contributed by atoms with van der Waals surface area (Å²) in [6, 6.07) is 6.22. The lowest BCUT2D eigenvalue weighted by Gasteiger charge is -2.36. The smallest absolute Gasteiger partial charge is 0.156 e. The lowest BCUT2D eigenvalue weighted by atomic mass is 9.67. The number of hydrogen-bond donors (Lipinski definition) is 0. The molecule has 0 aromatic heterocycles. The Bertz CT molecular complexity index is 542. The zero-order valence-electron chi connectivity index (χ0n) is 11.0. The van der Waals surface area contributed by atoms with Gasteiger partial charge in [-0.2, -0.15) is 0 Å². The van der Waals surface area contributed by atoms with Crippen LogP contribution < -0.4 is 4.74 Å². The van der Waals surface area contributed by atoms with Crippen LogP contribution in [0.3, 0.4) is 0 Å². The van der Waals surface area contributed by atoms with E-state index in [-0.39, 0.29) is 11.2 Å². The number of methoxy groups -OCH3 is 1. The molecule has 1 aromatic rings. The molecule has 3 rings (SSSR count). The first kappa shape index (κ1) is 11.5. The Morgan fingerprint density at radius 3 is 2.94 bits per heavy atom. The summed E-state index contributed by atoms with van der Waals surface area (Å²) in [5.74, 6) is 1.19. The van der Waals surface area contributed by atoms with Gasteiger partial charge in [-0.25, -0.2) is 0 Å². The minimum Gasteiger partial charge on any atom is -0.497 e. The number of ether oxygens (including phenoxy) is 1. The maximum absolute atomic E-state index is 11.8. The highest BCUT2D eigenvalue weighted by molar-refractivity contribution is 6.04. The lowest BCUT2D eigenvalue weighted by Crippen LogP contribution is -2.25. The van der Waals surface area contributed by atoms with Crippen LogP contribution in [0.15, 0.2) is 24.3 Å². The van der Waals surface area contributed by atoms with Gasteiger partial charge < -0.3 is 4.74 Å². The van der Waals surface area contributed by atoms with Crippen molar-refractivity contribution < 1.29 is 9.53 Å². The van der Waals surface area contributed by atoms with Crippen molar-refractivity contribution in [2.45, 2.75) is 32.6 Å². The van der Waals surface area contributed by atoms with Crippen molar-refractivity contribution in [2.24, 2.45) is 5.41 Å². The van der Waals surface area contributed by atoms with Crippen molar-refractivity contribution in [1.29, 1.82) is 0 Å². The van der Waals surface area contributed by atoms with E-state index in [1.165, 1.54) is 16.7 Å².